The quantitative estimate of drug-likeness (QED) is 0.468. The highest BCUT2D eigenvalue weighted by atomic mass is 32.1. The predicted octanol–water partition coefficient (Wildman–Crippen LogP) is 0.137. The molecule has 0 fully saturated rings. The van der Waals surface area contributed by atoms with Gasteiger partial charge in [0.05, 0.1) is 7.11 Å². The Balaban J connectivity index is 3.01. The predicted molar refractivity (Wildman–Crippen MR) is 36.6 cm³/mol. The molecule has 0 saturated carbocycles. The number of aldehydes is 1. The highest BCUT2D eigenvalue weighted by Crippen LogP contribution is 2.08. The second kappa shape index (κ2) is 3.20. The van der Waals surface area contributed by atoms with Crippen LogP contribution in [-0.4, -0.2) is 29.0 Å². The molecule has 1 aromatic rings. The van der Waals surface area contributed by atoms with Crippen LogP contribution in [0.5, 0.6) is 0 Å². The largest absolute Gasteiger partial charge is 0.465 e. The molecule has 11 heavy (non-hydrogen) atoms. The lowest BCUT2D eigenvalue weighted by molar-refractivity contribution is 0.0603. The van der Waals surface area contributed by atoms with Crippen LogP contribution in [0.4, 0.5) is 0 Å². The van der Waals surface area contributed by atoms with Gasteiger partial charge in [-0.15, -0.1) is 5.10 Å². The average Bonchev–Trinajstić information content (AvgIpc) is 2.50. The number of esters is 1. The third-order valence-corrected chi connectivity index (χ3v) is 1.72. The lowest BCUT2D eigenvalue weighted by Gasteiger charge is -1.91. The summed E-state index contributed by atoms with van der Waals surface area (Å²) in [5.74, 6) is -0.581. The van der Waals surface area contributed by atoms with Gasteiger partial charge in [0, 0.05) is 0 Å². The van der Waals surface area contributed by atoms with E-state index in [0.717, 1.165) is 11.5 Å². The van der Waals surface area contributed by atoms with Crippen molar-refractivity contribution in [3.8, 4) is 0 Å². The van der Waals surface area contributed by atoms with Gasteiger partial charge < -0.3 is 4.74 Å². The van der Waals surface area contributed by atoms with Crippen LogP contribution in [0.2, 0.25) is 0 Å². The molecule has 0 saturated heterocycles. The molecule has 0 radical (unpaired) electrons. The number of ether oxygens (including phenoxy) is 1. The second-order valence-corrected chi connectivity index (χ2v) is 2.35. The van der Waals surface area contributed by atoms with Crippen molar-refractivity contribution < 1.29 is 14.3 Å². The van der Waals surface area contributed by atoms with Crippen LogP contribution >= 0.6 is 11.5 Å². The van der Waals surface area contributed by atoms with Crippen LogP contribution in [0.15, 0.2) is 0 Å². The third-order valence-electron chi connectivity index (χ3n) is 0.996. The molecule has 0 aliphatic carbocycles. The van der Waals surface area contributed by atoms with Crippen LogP contribution in [0, 0.1) is 0 Å². The topological polar surface area (TPSA) is 69.2 Å². The molecular formula is C5H4N2O3S. The van der Waals surface area contributed by atoms with Crippen molar-refractivity contribution in [2.45, 2.75) is 0 Å². The molecule has 0 unspecified atom stereocenters. The molecule has 1 rings (SSSR count). The van der Waals surface area contributed by atoms with Gasteiger partial charge in [-0.05, 0) is 11.5 Å². The van der Waals surface area contributed by atoms with E-state index in [1.807, 2.05) is 0 Å². The second-order valence-electron chi connectivity index (χ2n) is 1.60. The minimum Gasteiger partial charge on any atom is -0.465 e. The Kier molecular flexibility index (Phi) is 2.27. The number of aromatic nitrogens is 2. The molecule has 0 aliphatic rings. The molecule has 0 bridgehead atoms. The van der Waals surface area contributed by atoms with Crippen molar-refractivity contribution >= 4 is 23.8 Å². The number of hydrogen-bond donors (Lipinski definition) is 0. The third kappa shape index (κ3) is 1.40. The van der Waals surface area contributed by atoms with E-state index in [0.29, 0.717) is 6.29 Å². The summed E-state index contributed by atoms with van der Waals surface area (Å²) >= 11 is 0.840. The number of carbonyl (C=O) groups excluding carboxylic acids is 2. The Morgan fingerprint density at radius 1 is 1.73 bits per heavy atom. The molecular weight excluding hydrogens is 168 g/mol. The lowest BCUT2D eigenvalue weighted by atomic mass is 10.4. The molecule has 5 nitrogen and oxygen atoms in total. The van der Waals surface area contributed by atoms with Gasteiger partial charge in [0.25, 0.3) is 0 Å². The van der Waals surface area contributed by atoms with E-state index in [1.54, 1.807) is 0 Å². The van der Waals surface area contributed by atoms with E-state index in [9.17, 15) is 9.59 Å². The first-order chi connectivity index (χ1) is 5.29. The molecule has 0 atom stereocenters. The van der Waals surface area contributed by atoms with Gasteiger partial charge in [0.2, 0.25) is 0 Å². The van der Waals surface area contributed by atoms with Gasteiger partial charge in [-0.2, -0.15) is 0 Å². The summed E-state index contributed by atoms with van der Waals surface area (Å²) in [7, 11) is 1.23. The Labute approximate surface area is 66.2 Å². The lowest BCUT2D eigenvalue weighted by Crippen LogP contribution is -2.01. The first kappa shape index (κ1) is 7.80. The van der Waals surface area contributed by atoms with Crippen molar-refractivity contribution in [3.05, 3.63) is 10.6 Å². The summed E-state index contributed by atoms with van der Waals surface area (Å²) in [4.78, 5) is 21.1. The summed E-state index contributed by atoms with van der Waals surface area (Å²) < 4.78 is 7.79. The van der Waals surface area contributed by atoms with Crippen molar-refractivity contribution in [2.75, 3.05) is 7.11 Å². The Bertz CT molecular complexity index is 283. The van der Waals surface area contributed by atoms with Crippen LogP contribution < -0.4 is 0 Å². The van der Waals surface area contributed by atoms with E-state index in [1.165, 1.54) is 7.11 Å². The fourth-order valence-corrected chi connectivity index (χ4v) is 1.06. The number of rotatable bonds is 2. The van der Waals surface area contributed by atoms with Crippen LogP contribution in [0.1, 0.15) is 20.2 Å². The van der Waals surface area contributed by atoms with Gasteiger partial charge in [0.15, 0.2) is 16.9 Å². The maximum atomic E-state index is 10.8. The highest BCUT2D eigenvalue weighted by molar-refractivity contribution is 7.08. The van der Waals surface area contributed by atoms with E-state index in [4.69, 9.17) is 0 Å². The van der Waals surface area contributed by atoms with Gasteiger partial charge in [-0.25, -0.2) is 4.79 Å². The molecule has 0 aliphatic heterocycles. The minimum atomic E-state index is -0.581. The summed E-state index contributed by atoms with van der Waals surface area (Å²) in [5.41, 5.74) is 0.0295. The number of hydrogen-bond acceptors (Lipinski definition) is 6. The summed E-state index contributed by atoms with van der Waals surface area (Å²) in [6.07, 6.45) is 0.468. The first-order valence-corrected chi connectivity index (χ1v) is 3.42. The standard InChI is InChI=1S/C5H4N2O3S/c1-10-5(9)4-3(2-8)6-7-11-4/h2H,1H3. The number of methoxy groups -OCH3 is 1. The number of nitrogens with zero attached hydrogens (tertiary/aromatic N) is 2. The fourth-order valence-electron chi connectivity index (χ4n) is 0.509. The van der Waals surface area contributed by atoms with E-state index in [2.05, 4.69) is 14.3 Å². The van der Waals surface area contributed by atoms with Gasteiger partial charge >= 0.3 is 5.97 Å². The summed E-state index contributed by atoms with van der Waals surface area (Å²) in [6, 6.07) is 0. The first-order valence-electron chi connectivity index (χ1n) is 2.65. The number of carbonyl (C=O) groups is 2. The van der Waals surface area contributed by atoms with Crippen molar-refractivity contribution in [2.24, 2.45) is 0 Å². The maximum absolute atomic E-state index is 10.8. The van der Waals surface area contributed by atoms with Gasteiger partial charge in [0.1, 0.15) is 0 Å². The summed E-state index contributed by atoms with van der Waals surface area (Å²) in [5, 5.41) is 3.40. The maximum Gasteiger partial charge on any atom is 0.352 e. The van der Waals surface area contributed by atoms with Gasteiger partial charge in [-0.3, -0.25) is 4.79 Å². The van der Waals surface area contributed by atoms with Crippen LogP contribution in [0.3, 0.4) is 0 Å². The van der Waals surface area contributed by atoms with Crippen molar-refractivity contribution in [1.82, 2.24) is 9.59 Å². The van der Waals surface area contributed by atoms with Crippen LogP contribution in [0.25, 0.3) is 0 Å². The van der Waals surface area contributed by atoms with Crippen LogP contribution in [-0.2, 0) is 4.74 Å². The van der Waals surface area contributed by atoms with Crippen molar-refractivity contribution in [1.29, 1.82) is 0 Å². The smallest absolute Gasteiger partial charge is 0.352 e. The van der Waals surface area contributed by atoms with E-state index < -0.39 is 5.97 Å². The zero-order valence-corrected chi connectivity index (χ0v) is 6.42. The highest BCUT2D eigenvalue weighted by Gasteiger charge is 2.15. The Morgan fingerprint density at radius 2 is 2.45 bits per heavy atom. The Morgan fingerprint density at radius 3 is 3.00 bits per heavy atom. The molecule has 0 aromatic carbocycles. The molecule has 58 valence electrons. The minimum absolute atomic E-state index is 0.0295. The van der Waals surface area contributed by atoms with Crippen molar-refractivity contribution in [3.63, 3.8) is 0 Å². The molecule has 6 heteroatoms. The zero-order valence-electron chi connectivity index (χ0n) is 5.60. The molecule has 1 aromatic heterocycles. The fraction of sp³-hybridized carbons (Fsp3) is 0.200. The average molecular weight is 172 g/mol. The SMILES string of the molecule is COC(=O)c1snnc1C=O. The zero-order chi connectivity index (χ0) is 8.27. The normalized spacial score (nSPS) is 9.18. The molecule has 0 N–H and O–H groups in total. The van der Waals surface area contributed by atoms with E-state index in [-0.39, 0.29) is 10.6 Å². The summed E-state index contributed by atoms with van der Waals surface area (Å²) in [6.45, 7) is 0. The van der Waals surface area contributed by atoms with Gasteiger partial charge in [-0.1, -0.05) is 4.49 Å². The van der Waals surface area contributed by atoms with E-state index >= 15 is 0 Å². The monoisotopic (exact) mass is 172 g/mol. The Hall–Kier alpha value is -1.30. The molecule has 0 spiro atoms. The molecule has 1 heterocycles. The molecule has 0 amide bonds.